The van der Waals surface area contributed by atoms with Gasteiger partial charge in [-0.3, -0.25) is 4.79 Å². The molecule has 1 aromatic rings. The fraction of sp³-hybridized carbons (Fsp3) is 0.300. The second kappa shape index (κ2) is 5.23. The van der Waals surface area contributed by atoms with Crippen molar-refractivity contribution in [1.29, 1.82) is 0 Å². The van der Waals surface area contributed by atoms with E-state index in [2.05, 4.69) is 0 Å². The van der Waals surface area contributed by atoms with E-state index in [1.54, 1.807) is 12.1 Å². The van der Waals surface area contributed by atoms with Crippen LogP contribution in [0.25, 0.3) is 0 Å². The summed E-state index contributed by atoms with van der Waals surface area (Å²) in [6, 6.07) is 5.94. The first-order valence-electron chi connectivity index (χ1n) is 4.47. The largest absolute Gasteiger partial charge is 0.390 e. The third kappa shape index (κ3) is 3.75. The Labute approximate surface area is 96.0 Å². The Balaban J connectivity index is 2.60. The van der Waals surface area contributed by atoms with E-state index in [1.807, 2.05) is 5.32 Å². The molecule has 1 aromatic carbocycles. The van der Waals surface area contributed by atoms with Crippen molar-refractivity contribution in [3.8, 4) is 0 Å². The maximum atomic E-state index is 12.6. The fourth-order valence-corrected chi connectivity index (χ4v) is 1.19. The molecule has 1 amide bonds. The number of carbonyl (C=O) groups is 1. The summed E-state index contributed by atoms with van der Waals surface area (Å²) < 4.78 is 25.2. The molecule has 0 unspecified atom stereocenters. The molecular formula is C10H10ClF2NO2. The number of hydrogen-bond donors (Lipinski definition) is 2. The molecule has 6 heteroatoms. The molecule has 0 saturated carbocycles. The number of amides is 1. The highest BCUT2D eigenvalue weighted by Crippen LogP contribution is 2.12. The molecule has 3 nitrogen and oxygen atoms in total. The van der Waals surface area contributed by atoms with Crippen LogP contribution in [-0.2, 0) is 0 Å². The van der Waals surface area contributed by atoms with Crippen LogP contribution in [0.15, 0.2) is 24.3 Å². The third-order valence-electron chi connectivity index (χ3n) is 1.83. The summed E-state index contributed by atoms with van der Waals surface area (Å²) in [5, 5.41) is 10.7. The van der Waals surface area contributed by atoms with Crippen LogP contribution < -0.4 is 5.32 Å². The molecule has 0 atom stereocenters. The second-order valence-corrected chi connectivity index (χ2v) is 3.64. The van der Waals surface area contributed by atoms with Crippen LogP contribution >= 0.6 is 11.6 Å². The first kappa shape index (κ1) is 12.9. The molecule has 88 valence electrons. The highest BCUT2D eigenvalue weighted by Gasteiger charge is 2.28. The van der Waals surface area contributed by atoms with Crippen LogP contribution in [0.5, 0.6) is 0 Å². The number of hydrogen-bond acceptors (Lipinski definition) is 2. The molecule has 0 aliphatic carbocycles. The standard InChI is InChI=1S/C10H10ClF2NO2/c11-8-3-1-2-7(4-8)9(16)14-5-10(12,13)6-15/h1-4,15H,5-6H2,(H,14,16). The maximum absolute atomic E-state index is 12.6. The molecular weight excluding hydrogens is 240 g/mol. The van der Waals surface area contributed by atoms with Crippen molar-refractivity contribution in [3.63, 3.8) is 0 Å². The second-order valence-electron chi connectivity index (χ2n) is 3.21. The van der Waals surface area contributed by atoms with Crippen molar-refractivity contribution >= 4 is 17.5 Å². The molecule has 0 fully saturated rings. The average molecular weight is 250 g/mol. The van der Waals surface area contributed by atoms with Gasteiger partial charge >= 0.3 is 0 Å². The average Bonchev–Trinajstić information content (AvgIpc) is 2.26. The van der Waals surface area contributed by atoms with Crippen molar-refractivity contribution in [2.75, 3.05) is 13.2 Å². The molecule has 0 heterocycles. The van der Waals surface area contributed by atoms with E-state index >= 15 is 0 Å². The summed E-state index contributed by atoms with van der Waals surface area (Å²) in [5.41, 5.74) is 0.196. The van der Waals surface area contributed by atoms with Gasteiger partial charge in [0.25, 0.3) is 11.8 Å². The molecule has 0 aromatic heterocycles. The number of aliphatic hydroxyl groups excluding tert-OH is 1. The number of halogens is 3. The molecule has 0 aliphatic rings. The smallest absolute Gasteiger partial charge is 0.287 e. The Hall–Kier alpha value is -1.20. The first-order chi connectivity index (χ1) is 7.44. The highest BCUT2D eigenvalue weighted by atomic mass is 35.5. The maximum Gasteiger partial charge on any atom is 0.287 e. The Kier molecular flexibility index (Phi) is 4.20. The van der Waals surface area contributed by atoms with Gasteiger partial charge in [-0.05, 0) is 18.2 Å². The normalized spacial score (nSPS) is 11.2. The van der Waals surface area contributed by atoms with Crippen molar-refractivity contribution in [2.24, 2.45) is 0 Å². The Bertz CT molecular complexity index is 385. The van der Waals surface area contributed by atoms with E-state index in [-0.39, 0.29) is 5.56 Å². The van der Waals surface area contributed by atoms with E-state index in [9.17, 15) is 13.6 Å². The summed E-state index contributed by atoms with van der Waals surface area (Å²) in [6.45, 7) is -2.21. The van der Waals surface area contributed by atoms with Gasteiger partial charge in [-0.2, -0.15) is 0 Å². The molecule has 0 spiro atoms. The van der Waals surface area contributed by atoms with E-state index in [0.29, 0.717) is 5.02 Å². The van der Waals surface area contributed by atoms with Gasteiger partial charge in [0.1, 0.15) is 6.61 Å². The van der Waals surface area contributed by atoms with Crippen molar-refractivity contribution in [2.45, 2.75) is 5.92 Å². The highest BCUT2D eigenvalue weighted by molar-refractivity contribution is 6.30. The molecule has 16 heavy (non-hydrogen) atoms. The van der Waals surface area contributed by atoms with Gasteiger partial charge in [0.15, 0.2) is 0 Å². The molecule has 1 rings (SSSR count). The van der Waals surface area contributed by atoms with E-state index in [1.165, 1.54) is 12.1 Å². The molecule has 2 N–H and O–H groups in total. The van der Waals surface area contributed by atoms with Gasteiger partial charge in [0.2, 0.25) is 0 Å². The number of alkyl halides is 2. The van der Waals surface area contributed by atoms with Gasteiger partial charge in [-0.25, -0.2) is 8.78 Å². The minimum atomic E-state index is -3.31. The predicted molar refractivity (Wildman–Crippen MR) is 55.8 cm³/mol. The number of nitrogens with one attached hydrogen (secondary N) is 1. The quantitative estimate of drug-likeness (QED) is 0.853. The Morgan fingerprint density at radius 1 is 1.50 bits per heavy atom. The molecule has 0 radical (unpaired) electrons. The van der Waals surface area contributed by atoms with E-state index in [4.69, 9.17) is 16.7 Å². The van der Waals surface area contributed by atoms with Crippen LogP contribution in [0.1, 0.15) is 10.4 Å². The number of rotatable bonds is 4. The zero-order valence-corrected chi connectivity index (χ0v) is 8.97. The van der Waals surface area contributed by atoms with Crippen LogP contribution in [0, 0.1) is 0 Å². The van der Waals surface area contributed by atoms with Crippen LogP contribution in [-0.4, -0.2) is 30.1 Å². The summed E-state index contributed by atoms with van der Waals surface area (Å²) in [4.78, 5) is 11.4. The third-order valence-corrected chi connectivity index (χ3v) is 2.06. The summed E-state index contributed by atoms with van der Waals surface area (Å²) in [6.07, 6.45) is 0. The lowest BCUT2D eigenvalue weighted by molar-refractivity contribution is -0.0462. The Morgan fingerprint density at radius 3 is 2.75 bits per heavy atom. The van der Waals surface area contributed by atoms with Gasteiger partial charge in [-0.1, -0.05) is 17.7 Å². The Morgan fingerprint density at radius 2 is 2.19 bits per heavy atom. The van der Waals surface area contributed by atoms with Gasteiger partial charge in [-0.15, -0.1) is 0 Å². The predicted octanol–water partition coefficient (Wildman–Crippen LogP) is 1.70. The van der Waals surface area contributed by atoms with Crippen molar-refractivity contribution in [1.82, 2.24) is 5.32 Å². The van der Waals surface area contributed by atoms with Crippen LogP contribution in [0.2, 0.25) is 5.02 Å². The molecule has 0 saturated heterocycles. The lowest BCUT2D eigenvalue weighted by Crippen LogP contribution is -2.38. The zero-order valence-electron chi connectivity index (χ0n) is 8.21. The minimum absolute atomic E-state index is 0.196. The van der Waals surface area contributed by atoms with Crippen molar-refractivity contribution in [3.05, 3.63) is 34.9 Å². The summed E-state index contributed by atoms with van der Waals surface area (Å²) in [7, 11) is 0. The first-order valence-corrected chi connectivity index (χ1v) is 4.85. The van der Waals surface area contributed by atoms with Gasteiger partial charge in [0.05, 0.1) is 6.54 Å². The number of benzene rings is 1. The topological polar surface area (TPSA) is 49.3 Å². The van der Waals surface area contributed by atoms with E-state index < -0.39 is 25.0 Å². The van der Waals surface area contributed by atoms with Gasteiger partial charge in [0, 0.05) is 10.6 Å². The fourth-order valence-electron chi connectivity index (χ4n) is 0.997. The minimum Gasteiger partial charge on any atom is -0.390 e. The lowest BCUT2D eigenvalue weighted by atomic mass is 10.2. The van der Waals surface area contributed by atoms with Gasteiger partial charge < -0.3 is 10.4 Å². The van der Waals surface area contributed by atoms with E-state index in [0.717, 1.165) is 0 Å². The lowest BCUT2D eigenvalue weighted by Gasteiger charge is -2.13. The van der Waals surface area contributed by atoms with Crippen LogP contribution in [0.4, 0.5) is 8.78 Å². The summed E-state index contributed by atoms with van der Waals surface area (Å²) in [5.74, 6) is -3.97. The van der Waals surface area contributed by atoms with Crippen LogP contribution in [0.3, 0.4) is 0 Å². The summed E-state index contributed by atoms with van der Waals surface area (Å²) >= 11 is 5.64. The van der Waals surface area contributed by atoms with Crippen molar-refractivity contribution < 1.29 is 18.7 Å². The zero-order chi connectivity index (χ0) is 12.2. The monoisotopic (exact) mass is 249 g/mol. The number of aliphatic hydroxyl groups is 1. The number of carbonyl (C=O) groups excluding carboxylic acids is 1. The SMILES string of the molecule is O=C(NCC(F)(F)CO)c1cccc(Cl)c1. The molecule has 0 aliphatic heterocycles. The molecule has 0 bridgehead atoms.